The Kier molecular flexibility index (Phi) is 7.39. The van der Waals surface area contributed by atoms with Gasteiger partial charge in [-0.1, -0.05) is 18.7 Å². The van der Waals surface area contributed by atoms with Crippen molar-refractivity contribution in [2.24, 2.45) is 0 Å². The summed E-state index contributed by atoms with van der Waals surface area (Å²) in [5.74, 6) is -3.40. The number of methoxy groups -OCH3 is 1. The van der Waals surface area contributed by atoms with Gasteiger partial charge in [0, 0.05) is 37.4 Å². The summed E-state index contributed by atoms with van der Waals surface area (Å²) < 4.78 is 36.3. The quantitative estimate of drug-likeness (QED) is 0.458. The van der Waals surface area contributed by atoms with Crippen LogP contribution in [-0.4, -0.2) is 66.1 Å². The standard InChI is InChI=1S/C25H27F2N7O2/c1-4-22(35)30-18-7-5-6-17(14-18)25(26,27)23-20(36-3)16-29-24(32-23)31-19-8-9-21(28-15-19)34-12-10-33(2)11-13-34/h4-9,14-16H,1,10-13H2,2-3H3,(H,30,35)(H,29,31,32). The lowest BCUT2D eigenvalue weighted by atomic mass is 10.0. The molecular formula is C25H27F2N7O2. The van der Waals surface area contributed by atoms with Crippen LogP contribution in [0.4, 0.5) is 31.9 Å². The number of nitrogens with one attached hydrogen (secondary N) is 2. The molecule has 0 spiro atoms. The van der Waals surface area contributed by atoms with Gasteiger partial charge in [0.25, 0.3) is 0 Å². The molecule has 0 aliphatic carbocycles. The molecule has 0 atom stereocenters. The fourth-order valence-electron chi connectivity index (χ4n) is 3.74. The molecule has 188 valence electrons. The number of benzene rings is 1. The van der Waals surface area contributed by atoms with Crippen LogP contribution in [0.2, 0.25) is 0 Å². The molecule has 11 heteroatoms. The van der Waals surface area contributed by atoms with Crippen LogP contribution in [0.25, 0.3) is 0 Å². The molecule has 2 N–H and O–H groups in total. The van der Waals surface area contributed by atoms with Gasteiger partial charge in [-0.3, -0.25) is 4.79 Å². The summed E-state index contributed by atoms with van der Waals surface area (Å²) >= 11 is 0. The number of hydrogen-bond acceptors (Lipinski definition) is 8. The molecule has 1 saturated heterocycles. The summed E-state index contributed by atoms with van der Waals surface area (Å²) in [6.45, 7) is 7.05. The van der Waals surface area contributed by atoms with E-state index in [-0.39, 0.29) is 22.9 Å². The van der Waals surface area contributed by atoms with Crippen molar-refractivity contribution in [3.05, 3.63) is 72.7 Å². The van der Waals surface area contributed by atoms with E-state index in [1.54, 1.807) is 12.3 Å². The third-order valence-corrected chi connectivity index (χ3v) is 5.78. The van der Waals surface area contributed by atoms with E-state index in [0.29, 0.717) is 5.69 Å². The van der Waals surface area contributed by atoms with Crippen molar-refractivity contribution in [2.75, 3.05) is 55.9 Å². The Labute approximate surface area is 207 Å². The van der Waals surface area contributed by atoms with E-state index in [9.17, 15) is 4.79 Å². The van der Waals surface area contributed by atoms with Crippen LogP contribution in [-0.2, 0) is 10.7 Å². The molecule has 1 aromatic carbocycles. The monoisotopic (exact) mass is 495 g/mol. The smallest absolute Gasteiger partial charge is 0.318 e. The second-order valence-electron chi connectivity index (χ2n) is 8.28. The molecule has 1 aliphatic rings. The first-order chi connectivity index (χ1) is 17.3. The number of aromatic nitrogens is 3. The normalized spacial score (nSPS) is 14.3. The first-order valence-corrected chi connectivity index (χ1v) is 11.3. The van der Waals surface area contributed by atoms with E-state index in [1.807, 2.05) is 6.07 Å². The van der Waals surface area contributed by atoms with Gasteiger partial charge in [-0.25, -0.2) is 15.0 Å². The maximum atomic E-state index is 15.6. The molecule has 2 aromatic heterocycles. The highest BCUT2D eigenvalue weighted by Crippen LogP contribution is 2.40. The van der Waals surface area contributed by atoms with E-state index < -0.39 is 17.5 Å². The first kappa shape index (κ1) is 25.0. The average molecular weight is 496 g/mol. The molecule has 4 rings (SSSR count). The SMILES string of the molecule is C=CC(=O)Nc1cccc(C(F)(F)c2nc(Nc3ccc(N4CCN(C)CC4)nc3)ncc2OC)c1. The summed E-state index contributed by atoms with van der Waals surface area (Å²) in [6, 6.07) is 9.02. The number of carbonyl (C=O) groups is 1. The zero-order valence-corrected chi connectivity index (χ0v) is 20.0. The minimum absolute atomic E-state index is 0.0317. The Balaban J connectivity index is 1.56. The number of likely N-dealkylation sites (N-methyl/N-ethyl adjacent to an activating group) is 1. The van der Waals surface area contributed by atoms with Gasteiger partial charge in [-0.05, 0) is 37.4 Å². The van der Waals surface area contributed by atoms with Gasteiger partial charge < -0.3 is 25.2 Å². The van der Waals surface area contributed by atoms with Crippen LogP contribution in [0.1, 0.15) is 11.3 Å². The number of piperazine rings is 1. The number of anilines is 4. The summed E-state index contributed by atoms with van der Waals surface area (Å²) in [5.41, 5.74) is -0.223. The zero-order chi connectivity index (χ0) is 25.7. The van der Waals surface area contributed by atoms with Gasteiger partial charge in [0.2, 0.25) is 11.9 Å². The van der Waals surface area contributed by atoms with E-state index >= 15 is 8.78 Å². The van der Waals surface area contributed by atoms with Gasteiger partial charge >= 0.3 is 5.92 Å². The molecule has 0 saturated carbocycles. The number of hydrogen-bond donors (Lipinski definition) is 2. The van der Waals surface area contributed by atoms with Gasteiger partial charge in [0.1, 0.15) is 5.82 Å². The van der Waals surface area contributed by atoms with Gasteiger partial charge in [0.15, 0.2) is 11.4 Å². The zero-order valence-electron chi connectivity index (χ0n) is 20.0. The molecule has 0 unspecified atom stereocenters. The molecule has 1 fully saturated rings. The van der Waals surface area contributed by atoms with E-state index in [2.05, 4.69) is 49.0 Å². The van der Waals surface area contributed by atoms with E-state index in [4.69, 9.17) is 4.74 Å². The lowest BCUT2D eigenvalue weighted by Gasteiger charge is -2.33. The third-order valence-electron chi connectivity index (χ3n) is 5.78. The number of ether oxygens (including phenoxy) is 1. The molecule has 1 amide bonds. The number of rotatable bonds is 8. The van der Waals surface area contributed by atoms with Crippen molar-refractivity contribution in [2.45, 2.75) is 5.92 Å². The number of pyridine rings is 1. The topological polar surface area (TPSA) is 95.5 Å². The highest BCUT2D eigenvalue weighted by molar-refractivity contribution is 5.98. The number of halogens is 2. The minimum Gasteiger partial charge on any atom is -0.493 e. The highest BCUT2D eigenvalue weighted by atomic mass is 19.3. The van der Waals surface area contributed by atoms with Crippen LogP contribution in [0.3, 0.4) is 0 Å². The average Bonchev–Trinajstić information content (AvgIpc) is 2.89. The van der Waals surface area contributed by atoms with E-state index in [0.717, 1.165) is 38.1 Å². The van der Waals surface area contributed by atoms with E-state index in [1.165, 1.54) is 37.6 Å². The van der Waals surface area contributed by atoms with Crippen molar-refractivity contribution in [1.82, 2.24) is 19.9 Å². The predicted octanol–water partition coefficient (Wildman–Crippen LogP) is 3.64. The van der Waals surface area contributed by atoms with Crippen molar-refractivity contribution >= 4 is 29.0 Å². The predicted molar refractivity (Wildman–Crippen MR) is 134 cm³/mol. The Morgan fingerprint density at radius 1 is 1.11 bits per heavy atom. The van der Waals surface area contributed by atoms with Crippen LogP contribution in [0, 0.1) is 0 Å². The van der Waals surface area contributed by atoms with Crippen LogP contribution < -0.4 is 20.3 Å². The second kappa shape index (κ2) is 10.6. The molecule has 3 aromatic rings. The summed E-state index contributed by atoms with van der Waals surface area (Å²) in [5, 5.41) is 5.41. The first-order valence-electron chi connectivity index (χ1n) is 11.3. The lowest BCUT2D eigenvalue weighted by molar-refractivity contribution is -0.111. The molecule has 3 heterocycles. The molecular weight excluding hydrogens is 468 g/mol. The summed E-state index contributed by atoms with van der Waals surface area (Å²) in [6.07, 6.45) is 3.86. The maximum absolute atomic E-state index is 15.6. The van der Waals surface area contributed by atoms with Crippen molar-refractivity contribution in [3.63, 3.8) is 0 Å². The molecule has 1 aliphatic heterocycles. The number of alkyl halides is 2. The molecule has 36 heavy (non-hydrogen) atoms. The Hall–Kier alpha value is -4.12. The molecule has 9 nitrogen and oxygen atoms in total. The second-order valence-corrected chi connectivity index (χ2v) is 8.28. The van der Waals surface area contributed by atoms with Crippen molar-refractivity contribution < 1.29 is 18.3 Å². The van der Waals surface area contributed by atoms with Gasteiger partial charge in [0.05, 0.1) is 25.2 Å². The fraction of sp³-hybridized carbons (Fsp3) is 0.280. The Bertz CT molecular complexity index is 1230. The van der Waals surface area contributed by atoms with Crippen molar-refractivity contribution in [1.29, 1.82) is 0 Å². The number of nitrogens with zero attached hydrogens (tertiary/aromatic N) is 5. The van der Waals surface area contributed by atoms with Crippen LogP contribution >= 0.6 is 0 Å². The lowest BCUT2D eigenvalue weighted by Crippen LogP contribution is -2.44. The largest absolute Gasteiger partial charge is 0.493 e. The van der Waals surface area contributed by atoms with Gasteiger partial charge in [-0.15, -0.1) is 0 Å². The Morgan fingerprint density at radius 2 is 1.89 bits per heavy atom. The number of amides is 1. The fourth-order valence-corrected chi connectivity index (χ4v) is 3.74. The summed E-state index contributed by atoms with van der Waals surface area (Å²) in [7, 11) is 3.36. The minimum atomic E-state index is -3.54. The van der Waals surface area contributed by atoms with Crippen LogP contribution in [0.15, 0.2) is 61.4 Å². The molecule has 0 radical (unpaired) electrons. The molecule has 0 bridgehead atoms. The number of carbonyl (C=O) groups excluding carboxylic acids is 1. The third kappa shape index (κ3) is 5.57. The summed E-state index contributed by atoms with van der Waals surface area (Å²) in [4.78, 5) is 28.7. The van der Waals surface area contributed by atoms with Crippen LogP contribution in [0.5, 0.6) is 5.75 Å². The van der Waals surface area contributed by atoms with Gasteiger partial charge in [-0.2, -0.15) is 8.78 Å². The highest BCUT2D eigenvalue weighted by Gasteiger charge is 2.39. The Morgan fingerprint density at radius 3 is 2.56 bits per heavy atom. The van der Waals surface area contributed by atoms with Crippen molar-refractivity contribution in [3.8, 4) is 5.75 Å². The maximum Gasteiger partial charge on any atom is 0.318 e.